The van der Waals surface area contributed by atoms with Gasteiger partial charge in [-0.15, -0.1) is 0 Å². The van der Waals surface area contributed by atoms with Crippen molar-refractivity contribution in [3.8, 4) is 16.9 Å². The Labute approximate surface area is 168 Å². The molecule has 0 saturated heterocycles. The molecule has 0 bridgehead atoms. The fourth-order valence-corrected chi connectivity index (χ4v) is 3.52. The number of benzene rings is 2. The third-order valence-electron chi connectivity index (χ3n) is 4.32. The van der Waals surface area contributed by atoms with Gasteiger partial charge in [0, 0.05) is 29.8 Å². The lowest BCUT2D eigenvalue weighted by Gasteiger charge is -2.10. The number of H-pyrrole nitrogens is 1. The molecule has 2 aromatic heterocycles. The lowest BCUT2D eigenvalue weighted by molar-refractivity contribution is 0.607. The maximum absolute atomic E-state index is 11.4. The Morgan fingerprint density at radius 3 is 2.52 bits per heavy atom. The molecule has 148 valence electrons. The maximum atomic E-state index is 11.4. The van der Waals surface area contributed by atoms with Gasteiger partial charge in [0.25, 0.3) is 0 Å². The van der Waals surface area contributed by atoms with Crippen LogP contribution < -0.4 is 10.0 Å². The van der Waals surface area contributed by atoms with Gasteiger partial charge >= 0.3 is 0 Å². The minimum atomic E-state index is -3.30. The van der Waals surface area contributed by atoms with E-state index in [-0.39, 0.29) is 0 Å². The fourth-order valence-electron chi connectivity index (χ4n) is 2.97. The van der Waals surface area contributed by atoms with Crippen molar-refractivity contribution in [3.05, 3.63) is 72.6 Å². The van der Waals surface area contributed by atoms with Gasteiger partial charge in [-0.2, -0.15) is 10.2 Å². The zero-order valence-electron chi connectivity index (χ0n) is 15.9. The second-order valence-electron chi connectivity index (χ2n) is 6.69. The summed E-state index contributed by atoms with van der Waals surface area (Å²) in [5.41, 5.74) is 5.13. The normalized spacial score (nSPS) is 11.4. The summed E-state index contributed by atoms with van der Waals surface area (Å²) >= 11 is 0. The van der Waals surface area contributed by atoms with Crippen LogP contribution in [0.15, 0.2) is 67.0 Å². The molecule has 9 heteroatoms. The summed E-state index contributed by atoms with van der Waals surface area (Å²) in [6.07, 6.45) is 4.76. The van der Waals surface area contributed by atoms with Crippen LogP contribution in [0.5, 0.6) is 0 Å². The molecule has 0 spiro atoms. The second kappa shape index (κ2) is 7.44. The predicted molar refractivity (Wildman–Crippen MR) is 114 cm³/mol. The average Bonchev–Trinajstić information content (AvgIpc) is 3.35. The third-order valence-corrected chi connectivity index (χ3v) is 4.92. The molecule has 0 radical (unpaired) electrons. The third kappa shape index (κ3) is 4.46. The summed E-state index contributed by atoms with van der Waals surface area (Å²) in [6.45, 7) is 1.90. The standard InChI is InChI=1S/C20H20N6O2S/c1-14-12-16(25-29(2,27)28)6-9-18(14)22-20-13-19(23-24-20)15-4-7-17(8-5-15)26-11-3-10-21-26/h3-13,25H,1-2H3,(H2,22,23,24). The number of hydrogen-bond donors (Lipinski definition) is 3. The molecule has 0 unspecified atom stereocenters. The van der Waals surface area contributed by atoms with E-state index in [9.17, 15) is 8.42 Å². The summed E-state index contributed by atoms with van der Waals surface area (Å²) in [5.74, 6) is 0.670. The number of anilines is 3. The van der Waals surface area contributed by atoms with Crippen molar-refractivity contribution in [2.24, 2.45) is 0 Å². The van der Waals surface area contributed by atoms with Crippen LogP contribution in [0, 0.1) is 6.92 Å². The van der Waals surface area contributed by atoms with Gasteiger partial charge in [-0.3, -0.25) is 9.82 Å². The largest absolute Gasteiger partial charge is 0.339 e. The van der Waals surface area contributed by atoms with Gasteiger partial charge in [-0.25, -0.2) is 13.1 Å². The highest BCUT2D eigenvalue weighted by Gasteiger charge is 2.08. The van der Waals surface area contributed by atoms with E-state index < -0.39 is 10.0 Å². The van der Waals surface area contributed by atoms with Crippen LogP contribution in [0.3, 0.4) is 0 Å². The zero-order chi connectivity index (χ0) is 20.4. The number of nitrogens with zero attached hydrogens (tertiary/aromatic N) is 3. The van der Waals surface area contributed by atoms with Gasteiger partial charge in [-0.1, -0.05) is 12.1 Å². The van der Waals surface area contributed by atoms with Crippen molar-refractivity contribution in [3.63, 3.8) is 0 Å². The average molecular weight is 408 g/mol. The Hall–Kier alpha value is -3.59. The summed E-state index contributed by atoms with van der Waals surface area (Å²) in [7, 11) is -3.30. The molecule has 3 N–H and O–H groups in total. The van der Waals surface area contributed by atoms with Crippen LogP contribution in [0.25, 0.3) is 16.9 Å². The molecule has 4 aromatic rings. The highest BCUT2D eigenvalue weighted by Crippen LogP contribution is 2.26. The molecule has 0 aliphatic carbocycles. The first-order valence-electron chi connectivity index (χ1n) is 8.89. The van der Waals surface area contributed by atoms with Crippen LogP contribution in [0.2, 0.25) is 0 Å². The molecule has 0 aliphatic heterocycles. The van der Waals surface area contributed by atoms with Crippen LogP contribution >= 0.6 is 0 Å². The van der Waals surface area contributed by atoms with Gasteiger partial charge in [0.1, 0.15) is 0 Å². The first-order chi connectivity index (χ1) is 13.9. The fraction of sp³-hybridized carbons (Fsp3) is 0.100. The van der Waals surface area contributed by atoms with Crippen LogP contribution in [-0.2, 0) is 10.0 Å². The molecular weight excluding hydrogens is 388 g/mol. The minimum absolute atomic E-state index is 0.524. The molecule has 0 fully saturated rings. The van der Waals surface area contributed by atoms with Crippen molar-refractivity contribution in [1.29, 1.82) is 0 Å². The van der Waals surface area contributed by atoms with E-state index in [0.29, 0.717) is 11.5 Å². The quantitative estimate of drug-likeness (QED) is 0.451. The number of aryl methyl sites for hydroxylation is 1. The van der Waals surface area contributed by atoms with Crippen LogP contribution in [-0.4, -0.2) is 34.7 Å². The van der Waals surface area contributed by atoms with E-state index in [0.717, 1.165) is 34.5 Å². The van der Waals surface area contributed by atoms with Gasteiger partial charge in [0.2, 0.25) is 10.0 Å². The molecular formula is C20H20N6O2S. The maximum Gasteiger partial charge on any atom is 0.229 e. The molecule has 0 atom stereocenters. The van der Waals surface area contributed by atoms with Gasteiger partial charge < -0.3 is 5.32 Å². The van der Waals surface area contributed by atoms with Crippen molar-refractivity contribution in [2.45, 2.75) is 6.92 Å². The van der Waals surface area contributed by atoms with Crippen molar-refractivity contribution < 1.29 is 8.42 Å². The van der Waals surface area contributed by atoms with E-state index in [1.807, 2.05) is 55.6 Å². The number of aromatic amines is 1. The number of rotatable bonds is 6. The molecule has 0 amide bonds. The Bertz CT molecular complexity index is 1230. The molecule has 8 nitrogen and oxygen atoms in total. The van der Waals surface area contributed by atoms with Crippen molar-refractivity contribution in [1.82, 2.24) is 20.0 Å². The molecule has 0 aliphatic rings. The summed E-state index contributed by atoms with van der Waals surface area (Å²) in [5, 5.41) is 14.8. The molecule has 0 saturated carbocycles. The summed E-state index contributed by atoms with van der Waals surface area (Å²) < 4.78 is 27.0. The lowest BCUT2D eigenvalue weighted by Crippen LogP contribution is -2.09. The van der Waals surface area contributed by atoms with Crippen LogP contribution in [0.1, 0.15) is 5.56 Å². The number of nitrogens with one attached hydrogen (secondary N) is 3. The van der Waals surface area contributed by atoms with E-state index in [2.05, 4.69) is 25.3 Å². The Kier molecular flexibility index (Phi) is 4.81. The highest BCUT2D eigenvalue weighted by atomic mass is 32.2. The van der Waals surface area contributed by atoms with Crippen molar-refractivity contribution in [2.75, 3.05) is 16.3 Å². The van der Waals surface area contributed by atoms with Gasteiger partial charge in [0.05, 0.1) is 17.6 Å². The number of sulfonamides is 1. The second-order valence-corrected chi connectivity index (χ2v) is 8.44. The summed E-state index contributed by atoms with van der Waals surface area (Å²) in [6, 6.07) is 17.1. The molecule has 2 aromatic carbocycles. The molecule has 2 heterocycles. The Morgan fingerprint density at radius 1 is 1.07 bits per heavy atom. The highest BCUT2D eigenvalue weighted by molar-refractivity contribution is 7.92. The van der Waals surface area contributed by atoms with E-state index in [4.69, 9.17) is 0 Å². The lowest BCUT2D eigenvalue weighted by atomic mass is 10.1. The van der Waals surface area contributed by atoms with Gasteiger partial charge in [-0.05, 0) is 54.4 Å². The number of aromatic nitrogens is 4. The molecule has 4 rings (SSSR count). The topological polar surface area (TPSA) is 105 Å². The molecule has 29 heavy (non-hydrogen) atoms. The Morgan fingerprint density at radius 2 is 1.86 bits per heavy atom. The number of hydrogen-bond acceptors (Lipinski definition) is 5. The van der Waals surface area contributed by atoms with Crippen LogP contribution in [0.4, 0.5) is 17.2 Å². The van der Waals surface area contributed by atoms with E-state index >= 15 is 0 Å². The monoisotopic (exact) mass is 408 g/mol. The van der Waals surface area contributed by atoms with E-state index in [1.165, 1.54) is 0 Å². The first-order valence-corrected chi connectivity index (χ1v) is 10.8. The van der Waals surface area contributed by atoms with Crippen molar-refractivity contribution >= 4 is 27.2 Å². The predicted octanol–water partition coefficient (Wildman–Crippen LogP) is 3.69. The Balaban J connectivity index is 1.49. The zero-order valence-corrected chi connectivity index (χ0v) is 16.7. The first kappa shape index (κ1) is 18.8. The van der Waals surface area contributed by atoms with Gasteiger partial charge in [0.15, 0.2) is 5.82 Å². The SMILES string of the molecule is Cc1cc(NS(C)(=O)=O)ccc1Nc1cc(-c2ccc(-n3cccn3)cc2)[nH]n1. The minimum Gasteiger partial charge on any atom is -0.339 e. The smallest absolute Gasteiger partial charge is 0.229 e. The summed E-state index contributed by atoms with van der Waals surface area (Å²) in [4.78, 5) is 0. The van der Waals surface area contributed by atoms with E-state index in [1.54, 1.807) is 23.0 Å².